The first kappa shape index (κ1) is 25.3. The summed E-state index contributed by atoms with van der Waals surface area (Å²) in [7, 11) is 2.03. The molecule has 1 aromatic heterocycles. The number of aromatic nitrogens is 2. The molecule has 0 radical (unpaired) electrons. The number of amides is 2. The topological polar surface area (TPSA) is 123 Å². The maximum Gasteiger partial charge on any atom is 0.404 e. The Morgan fingerprint density at radius 2 is 2.00 bits per heavy atom. The van der Waals surface area contributed by atoms with Gasteiger partial charge in [0.25, 0.3) is 0 Å². The van der Waals surface area contributed by atoms with Crippen molar-refractivity contribution < 1.29 is 19.1 Å². The fourth-order valence-electron chi connectivity index (χ4n) is 4.60. The van der Waals surface area contributed by atoms with Gasteiger partial charge in [-0.15, -0.1) is 0 Å². The van der Waals surface area contributed by atoms with E-state index in [0.717, 1.165) is 38.8 Å². The van der Waals surface area contributed by atoms with Crippen LogP contribution in [0.15, 0.2) is 5.16 Å². The molecule has 2 aliphatic rings. The number of thioether (sulfide) groups is 1. The van der Waals surface area contributed by atoms with Gasteiger partial charge in [-0.05, 0) is 32.6 Å². The molecule has 1 aliphatic carbocycles. The van der Waals surface area contributed by atoms with E-state index in [0.29, 0.717) is 24.0 Å². The lowest BCUT2D eigenvalue weighted by molar-refractivity contribution is -0.124. The van der Waals surface area contributed by atoms with Crippen LogP contribution in [-0.4, -0.2) is 77.5 Å². The Balaban J connectivity index is 1.72. The van der Waals surface area contributed by atoms with Gasteiger partial charge < -0.3 is 20.2 Å². The summed E-state index contributed by atoms with van der Waals surface area (Å²) >= 11 is 1.29. The zero-order valence-corrected chi connectivity index (χ0v) is 20.3. The van der Waals surface area contributed by atoms with Crippen molar-refractivity contribution in [2.24, 2.45) is 11.8 Å². The lowest BCUT2D eigenvalue weighted by Gasteiger charge is -2.39. The molecule has 1 saturated carbocycles. The first-order valence-corrected chi connectivity index (χ1v) is 12.6. The molecule has 2 atom stereocenters. The van der Waals surface area contributed by atoms with E-state index in [1.165, 1.54) is 11.8 Å². The van der Waals surface area contributed by atoms with Crippen molar-refractivity contribution >= 4 is 35.4 Å². The summed E-state index contributed by atoms with van der Waals surface area (Å²) in [6.45, 7) is 4.24. The summed E-state index contributed by atoms with van der Waals surface area (Å²) in [6, 6.07) is 0.0724. The average Bonchev–Trinajstić information content (AvgIpc) is 3.29. The van der Waals surface area contributed by atoms with Crippen LogP contribution in [0.1, 0.15) is 39.0 Å². The molecule has 0 aromatic carbocycles. The Bertz CT molecular complexity index is 840. The molecule has 12 heteroatoms. The molecule has 4 N–H and O–H groups in total. The van der Waals surface area contributed by atoms with E-state index < -0.39 is 23.7 Å². The van der Waals surface area contributed by atoms with Crippen molar-refractivity contribution in [3.05, 3.63) is 5.82 Å². The maximum absolute atomic E-state index is 15.4. The molecule has 1 aromatic rings. The van der Waals surface area contributed by atoms with Gasteiger partial charge in [-0.2, -0.15) is 4.39 Å². The standard InChI is InChI=1S/C21H34FN7O3S/c1-13-12-28(2)8-9-29(13)18-16(22)17(24-20(25-18)33-3)26-27-19(30)15(11-23-21(31)32)10-14-6-4-5-7-14/h13-15,23H,4-12H2,1-3H3,(H,27,30)(H,31,32)(H,24,25,26)/t13-,15+/m0/s1. The Kier molecular flexibility index (Phi) is 8.95. The summed E-state index contributed by atoms with van der Waals surface area (Å²) in [5.74, 6) is -1.08. The molecule has 3 rings (SSSR count). The molecule has 184 valence electrons. The predicted molar refractivity (Wildman–Crippen MR) is 126 cm³/mol. The lowest BCUT2D eigenvalue weighted by Crippen LogP contribution is -2.51. The monoisotopic (exact) mass is 483 g/mol. The molecule has 33 heavy (non-hydrogen) atoms. The highest BCUT2D eigenvalue weighted by Crippen LogP contribution is 2.31. The van der Waals surface area contributed by atoms with Gasteiger partial charge in [-0.25, -0.2) is 14.8 Å². The van der Waals surface area contributed by atoms with Gasteiger partial charge in [-0.1, -0.05) is 37.4 Å². The fraction of sp³-hybridized carbons (Fsp3) is 0.714. The van der Waals surface area contributed by atoms with Gasteiger partial charge in [0.2, 0.25) is 11.7 Å². The quantitative estimate of drug-likeness (QED) is 0.238. The third kappa shape index (κ3) is 6.83. The lowest BCUT2D eigenvalue weighted by atomic mass is 9.92. The Hall–Kier alpha value is -2.34. The van der Waals surface area contributed by atoms with Gasteiger partial charge in [0, 0.05) is 32.2 Å². The van der Waals surface area contributed by atoms with Crippen LogP contribution in [0.2, 0.25) is 0 Å². The van der Waals surface area contributed by atoms with E-state index >= 15 is 4.39 Å². The number of hydrazine groups is 1. The number of anilines is 2. The number of hydrogen-bond acceptors (Lipinski definition) is 8. The van der Waals surface area contributed by atoms with Crippen LogP contribution in [0.5, 0.6) is 0 Å². The number of halogens is 1. The summed E-state index contributed by atoms with van der Waals surface area (Å²) in [4.78, 5) is 36.5. The number of carboxylic acid groups (broad SMARTS) is 1. The molecule has 0 spiro atoms. The molecule has 2 fully saturated rings. The van der Waals surface area contributed by atoms with E-state index in [9.17, 15) is 9.59 Å². The minimum Gasteiger partial charge on any atom is -0.465 e. The predicted octanol–water partition coefficient (Wildman–Crippen LogP) is 2.39. The fourth-order valence-corrected chi connectivity index (χ4v) is 4.96. The molecular formula is C21H34FN7O3S. The number of likely N-dealkylation sites (N-methyl/N-ethyl adjacent to an activating group) is 1. The molecule has 0 bridgehead atoms. The van der Waals surface area contributed by atoms with E-state index in [4.69, 9.17) is 5.11 Å². The number of nitrogens with zero attached hydrogens (tertiary/aromatic N) is 4. The first-order valence-electron chi connectivity index (χ1n) is 11.4. The molecule has 0 unspecified atom stereocenters. The number of piperazine rings is 1. The third-order valence-electron chi connectivity index (χ3n) is 6.37. The van der Waals surface area contributed by atoms with Crippen molar-refractivity contribution in [2.75, 3.05) is 49.8 Å². The van der Waals surface area contributed by atoms with E-state index in [-0.39, 0.29) is 24.2 Å². The second kappa shape index (κ2) is 11.7. The Morgan fingerprint density at radius 3 is 2.64 bits per heavy atom. The van der Waals surface area contributed by atoms with E-state index in [1.54, 1.807) is 0 Å². The highest BCUT2D eigenvalue weighted by molar-refractivity contribution is 7.98. The van der Waals surface area contributed by atoms with Crippen LogP contribution in [-0.2, 0) is 4.79 Å². The van der Waals surface area contributed by atoms with E-state index in [2.05, 4.69) is 31.0 Å². The van der Waals surface area contributed by atoms with Gasteiger partial charge in [-0.3, -0.25) is 15.6 Å². The zero-order valence-electron chi connectivity index (χ0n) is 19.4. The number of nitrogens with one attached hydrogen (secondary N) is 3. The molecule has 1 aliphatic heterocycles. The minimum atomic E-state index is -1.18. The third-order valence-corrected chi connectivity index (χ3v) is 6.91. The molecule has 2 heterocycles. The number of hydrogen-bond donors (Lipinski definition) is 4. The highest BCUT2D eigenvalue weighted by atomic mass is 32.2. The van der Waals surface area contributed by atoms with Gasteiger partial charge in [0.1, 0.15) is 0 Å². The van der Waals surface area contributed by atoms with Crippen molar-refractivity contribution in [1.29, 1.82) is 0 Å². The minimum absolute atomic E-state index is 0.00568. The van der Waals surface area contributed by atoms with Crippen LogP contribution in [0.3, 0.4) is 0 Å². The normalized spacial score (nSPS) is 20.5. The van der Waals surface area contributed by atoms with Crippen LogP contribution >= 0.6 is 11.8 Å². The van der Waals surface area contributed by atoms with Gasteiger partial charge >= 0.3 is 6.09 Å². The molecule has 1 saturated heterocycles. The largest absolute Gasteiger partial charge is 0.465 e. The Labute approximate surface area is 198 Å². The van der Waals surface area contributed by atoms with Crippen LogP contribution in [0, 0.1) is 17.7 Å². The van der Waals surface area contributed by atoms with Crippen molar-refractivity contribution in [3.63, 3.8) is 0 Å². The first-order chi connectivity index (χ1) is 15.8. The smallest absolute Gasteiger partial charge is 0.404 e. The summed E-state index contributed by atoms with van der Waals surface area (Å²) < 4.78 is 15.4. The average molecular weight is 484 g/mol. The zero-order chi connectivity index (χ0) is 24.0. The number of carbonyl (C=O) groups excluding carboxylic acids is 1. The van der Waals surface area contributed by atoms with Crippen LogP contribution < -0.4 is 21.1 Å². The highest BCUT2D eigenvalue weighted by Gasteiger charge is 2.29. The van der Waals surface area contributed by atoms with Crippen molar-refractivity contribution in [2.45, 2.75) is 50.2 Å². The summed E-state index contributed by atoms with van der Waals surface area (Å²) in [5.41, 5.74) is 5.18. The van der Waals surface area contributed by atoms with Gasteiger partial charge in [0.15, 0.2) is 16.8 Å². The molecule has 2 amide bonds. The Morgan fingerprint density at radius 1 is 1.27 bits per heavy atom. The van der Waals surface area contributed by atoms with Crippen LogP contribution in [0.25, 0.3) is 0 Å². The SMILES string of the molecule is CSc1nc(NNC(=O)[C@@H](CNC(=O)O)CC2CCCC2)c(F)c(N2CCN(C)C[C@@H]2C)n1. The number of rotatable bonds is 9. The number of carbonyl (C=O) groups is 2. The second-order valence-corrected chi connectivity index (χ2v) is 9.66. The van der Waals surface area contributed by atoms with Gasteiger partial charge in [0.05, 0.1) is 5.92 Å². The van der Waals surface area contributed by atoms with E-state index in [1.807, 2.05) is 25.1 Å². The second-order valence-electron chi connectivity index (χ2n) is 8.88. The van der Waals surface area contributed by atoms with Crippen LogP contribution in [0.4, 0.5) is 20.8 Å². The van der Waals surface area contributed by atoms with Crippen molar-refractivity contribution in [3.8, 4) is 0 Å². The molecule has 10 nitrogen and oxygen atoms in total. The molecular weight excluding hydrogens is 449 g/mol. The van der Waals surface area contributed by atoms with Crippen molar-refractivity contribution in [1.82, 2.24) is 25.6 Å². The maximum atomic E-state index is 15.4. The summed E-state index contributed by atoms with van der Waals surface area (Å²) in [6.07, 6.45) is 5.54. The summed E-state index contributed by atoms with van der Waals surface area (Å²) in [5, 5.41) is 11.7.